The fourth-order valence-corrected chi connectivity index (χ4v) is 3.84. The van der Waals surface area contributed by atoms with Crippen molar-refractivity contribution in [2.75, 3.05) is 5.75 Å². The average Bonchev–Trinajstić information content (AvgIpc) is 2.89. The van der Waals surface area contributed by atoms with Gasteiger partial charge in [0.15, 0.2) is 0 Å². The van der Waals surface area contributed by atoms with E-state index in [9.17, 15) is 29.1 Å². The molecule has 38 heavy (non-hydrogen) atoms. The fraction of sp³-hybridized carbons (Fsp3) is 0.346. The van der Waals surface area contributed by atoms with Crippen LogP contribution >= 0.6 is 12.6 Å². The Morgan fingerprint density at radius 3 is 1.71 bits per heavy atom. The van der Waals surface area contributed by atoms with E-state index in [1.165, 1.54) is 0 Å². The summed E-state index contributed by atoms with van der Waals surface area (Å²) in [6.07, 6.45) is -0.156. The summed E-state index contributed by atoms with van der Waals surface area (Å²) in [7, 11) is 0. The number of thiol groups is 1. The van der Waals surface area contributed by atoms with Crippen LogP contribution in [0.5, 0.6) is 0 Å². The van der Waals surface area contributed by atoms with Gasteiger partial charge in [0.2, 0.25) is 23.6 Å². The molecule has 0 aliphatic rings. The van der Waals surface area contributed by atoms with Crippen LogP contribution in [0.4, 0.5) is 0 Å². The first-order valence-electron chi connectivity index (χ1n) is 12.0. The molecule has 0 fully saturated rings. The Morgan fingerprint density at radius 1 is 0.737 bits per heavy atom. The molecule has 0 aromatic heterocycles. The molecule has 0 saturated carbocycles. The van der Waals surface area contributed by atoms with E-state index in [0.29, 0.717) is 5.56 Å². The quantitative estimate of drug-likeness (QED) is 0.148. The standard InChI is InChI=1S/C26H33N5O6S/c27-18(13-16-7-3-1-4-8-16)23(33)31-21(15-38)25(35)30-20(14-17-9-5-2-6-10-17)24(34)29-19(26(36)37)11-12-22(28)32/h1-10,18-21,38H,11-15,27H2,(H2,28,32)(H,29,34)(H,30,35)(H,31,33)(H,36,37). The number of carbonyl (C=O) groups is 5. The predicted molar refractivity (Wildman–Crippen MR) is 144 cm³/mol. The van der Waals surface area contributed by atoms with Gasteiger partial charge in [-0.25, -0.2) is 4.79 Å². The van der Waals surface area contributed by atoms with Gasteiger partial charge >= 0.3 is 5.97 Å². The number of benzene rings is 2. The van der Waals surface area contributed by atoms with Crippen LogP contribution in [0.2, 0.25) is 0 Å². The van der Waals surface area contributed by atoms with Gasteiger partial charge in [-0.3, -0.25) is 19.2 Å². The summed E-state index contributed by atoms with van der Waals surface area (Å²) in [5.41, 5.74) is 12.7. The molecule has 0 bridgehead atoms. The second-order valence-electron chi connectivity index (χ2n) is 8.70. The second kappa shape index (κ2) is 15.4. The third-order valence-electron chi connectivity index (χ3n) is 5.66. The van der Waals surface area contributed by atoms with Crippen LogP contribution in [-0.2, 0) is 36.8 Å². The molecule has 2 aromatic carbocycles. The Kier molecular flexibility index (Phi) is 12.3. The van der Waals surface area contributed by atoms with Crippen LogP contribution in [0.15, 0.2) is 60.7 Å². The zero-order chi connectivity index (χ0) is 28.1. The molecule has 0 spiro atoms. The van der Waals surface area contributed by atoms with Crippen LogP contribution in [-0.4, -0.2) is 64.6 Å². The lowest BCUT2D eigenvalue weighted by Crippen LogP contribution is -2.58. The van der Waals surface area contributed by atoms with Crippen molar-refractivity contribution >= 4 is 42.2 Å². The minimum atomic E-state index is -1.39. The van der Waals surface area contributed by atoms with Crippen LogP contribution in [0.25, 0.3) is 0 Å². The highest BCUT2D eigenvalue weighted by molar-refractivity contribution is 7.80. The number of nitrogens with two attached hydrogens (primary N) is 2. The molecule has 4 amide bonds. The van der Waals surface area contributed by atoms with Gasteiger partial charge in [0.1, 0.15) is 18.1 Å². The molecule has 4 unspecified atom stereocenters. The van der Waals surface area contributed by atoms with E-state index in [1.807, 2.05) is 30.3 Å². The number of primary amides is 1. The lowest BCUT2D eigenvalue weighted by atomic mass is 10.0. The van der Waals surface area contributed by atoms with E-state index in [2.05, 4.69) is 28.6 Å². The number of hydrogen-bond acceptors (Lipinski definition) is 7. The van der Waals surface area contributed by atoms with Crippen molar-refractivity contribution in [3.63, 3.8) is 0 Å². The molecule has 0 saturated heterocycles. The van der Waals surface area contributed by atoms with Crippen molar-refractivity contribution in [3.8, 4) is 0 Å². The summed E-state index contributed by atoms with van der Waals surface area (Å²) in [5.74, 6) is -4.17. The molecule has 4 atom stereocenters. The first-order valence-corrected chi connectivity index (χ1v) is 12.6. The topological polar surface area (TPSA) is 194 Å². The lowest BCUT2D eigenvalue weighted by molar-refractivity contribution is -0.142. The number of carbonyl (C=O) groups excluding carboxylic acids is 4. The monoisotopic (exact) mass is 543 g/mol. The SMILES string of the molecule is NC(=O)CCC(NC(=O)C(Cc1ccccc1)NC(=O)C(CS)NC(=O)C(N)Cc1ccccc1)C(=O)O. The summed E-state index contributed by atoms with van der Waals surface area (Å²) >= 11 is 4.16. The Labute approximate surface area is 226 Å². The summed E-state index contributed by atoms with van der Waals surface area (Å²) in [6.45, 7) is 0. The fourth-order valence-electron chi connectivity index (χ4n) is 3.58. The molecule has 2 rings (SSSR count). The van der Waals surface area contributed by atoms with Crippen LogP contribution < -0.4 is 27.4 Å². The Balaban J connectivity index is 2.12. The van der Waals surface area contributed by atoms with E-state index in [4.69, 9.17) is 11.5 Å². The minimum absolute atomic E-state index is 0.0430. The maximum Gasteiger partial charge on any atom is 0.326 e. The third kappa shape index (κ3) is 10.2. The number of hydrogen-bond donors (Lipinski definition) is 7. The number of aliphatic carboxylic acids is 1. The maximum absolute atomic E-state index is 13.1. The molecule has 0 aliphatic heterocycles. The first kappa shape index (κ1) is 30.3. The van der Waals surface area contributed by atoms with Crippen LogP contribution in [0, 0.1) is 0 Å². The van der Waals surface area contributed by atoms with E-state index in [0.717, 1.165) is 5.56 Å². The molecule has 0 radical (unpaired) electrons. The highest BCUT2D eigenvalue weighted by Gasteiger charge is 2.30. The highest BCUT2D eigenvalue weighted by Crippen LogP contribution is 2.07. The normalized spacial score (nSPS) is 13.8. The zero-order valence-corrected chi connectivity index (χ0v) is 21.6. The van der Waals surface area contributed by atoms with Gasteiger partial charge in [-0.2, -0.15) is 12.6 Å². The summed E-state index contributed by atoms with van der Waals surface area (Å²) in [6, 6.07) is 13.3. The minimum Gasteiger partial charge on any atom is -0.480 e. The highest BCUT2D eigenvalue weighted by atomic mass is 32.1. The molecule has 2 aromatic rings. The number of nitrogens with one attached hydrogen (secondary N) is 3. The number of rotatable bonds is 15. The van der Waals surface area contributed by atoms with Gasteiger partial charge in [0, 0.05) is 18.6 Å². The van der Waals surface area contributed by atoms with Gasteiger partial charge < -0.3 is 32.5 Å². The van der Waals surface area contributed by atoms with E-state index in [1.54, 1.807) is 30.3 Å². The Morgan fingerprint density at radius 2 is 1.21 bits per heavy atom. The summed E-state index contributed by atoms with van der Waals surface area (Å²) < 4.78 is 0. The lowest BCUT2D eigenvalue weighted by Gasteiger charge is -2.24. The van der Waals surface area contributed by atoms with Crippen LogP contribution in [0.1, 0.15) is 24.0 Å². The first-order chi connectivity index (χ1) is 18.1. The molecule has 12 heteroatoms. The van der Waals surface area contributed by atoms with Gasteiger partial charge in [0.25, 0.3) is 0 Å². The zero-order valence-electron chi connectivity index (χ0n) is 20.7. The van der Waals surface area contributed by atoms with Crippen molar-refractivity contribution in [3.05, 3.63) is 71.8 Å². The summed E-state index contributed by atoms with van der Waals surface area (Å²) in [4.78, 5) is 61.4. The van der Waals surface area contributed by atoms with Crippen molar-refractivity contribution in [2.24, 2.45) is 11.5 Å². The summed E-state index contributed by atoms with van der Waals surface area (Å²) in [5, 5.41) is 16.9. The van der Waals surface area contributed by atoms with Crippen molar-refractivity contribution in [2.45, 2.75) is 49.9 Å². The van der Waals surface area contributed by atoms with Gasteiger partial charge in [0.05, 0.1) is 6.04 Å². The maximum atomic E-state index is 13.1. The molecular weight excluding hydrogens is 510 g/mol. The van der Waals surface area contributed by atoms with Crippen LogP contribution in [0.3, 0.4) is 0 Å². The molecule has 204 valence electrons. The van der Waals surface area contributed by atoms with Gasteiger partial charge in [-0.1, -0.05) is 60.7 Å². The van der Waals surface area contributed by atoms with Crippen molar-refractivity contribution in [1.29, 1.82) is 0 Å². The predicted octanol–water partition coefficient (Wildman–Crippen LogP) is -0.467. The third-order valence-corrected chi connectivity index (χ3v) is 6.03. The van der Waals surface area contributed by atoms with E-state index >= 15 is 0 Å². The molecular formula is C26H33N5O6S. The number of amides is 4. The van der Waals surface area contributed by atoms with Gasteiger partial charge in [-0.05, 0) is 24.0 Å². The molecule has 8 N–H and O–H groups in total. The second-order valence-corrected chi connectivity index (χ2v) is 9.06. The number of carboxylic acids is 1. The average molecular weight is 544 g/mol. The van der Waals surface area contributed by atoms with Gasteiger partial charge in [-0.15, -0.1) is 0 Å². The Hall–Kier alpha value is -3.90. The van der Waals surface area contributed by atoms with Crippen molar-refractivity contribution < 1.29 is 29.1 Å². The van der Waals surface area contributed by atoms with E-state index in [-0.39, 0.29) is 31.4 Å². The largest absolute Gasteiger partial charge is 0.480 e. The molecule has 11 nitrogen and oxygen atoms in total. The number of carboxylic acid groups (broad SMARTS) is 1. The molecule has 0 aliphatic carbocycles. The Bertz CT molecular complexity index is 1100. The molecule has 0 heterocycles. The smallest absolute Gasteiger partial charge is 0.326 e. The van der Waals surface area contributed by atoms with E-state index < -0.39 is 53.8 Å². The van der Waals surface area contributed by atoms with Crippen molar-refractivity contribution in [1.82, 2.24) is 16.0 Å².